The summed E-state index contributed by atoms with van der Waals surface area (Å²) in [5.74, 6) is 0.0878. The van der Waals surface area contributed by atoms with Crippen molar-refractivity contribution in [3.05, 3.63) is 59.7 Å². The van der Waals surface area contributed by atoms with E-state index in [1.165, 1.54) is 11.3 Å². The van der Waals surface area contributed by atoms with Gasteiger partial charge in [-0.1, -0.05) is 18.2 Å². The molecule has 0 aliphatic carbocycles. The average molecular weight is 349 g/mol. The fourth-order valence-corrected chi connectivity index (χ4v) is 3.76. The summed E-state index contributed by atoms with van der Waals surface area (Å²) in [5, 5.41) is 2.99. The summed E-state index contributed by atoms with van der Waals surface area (Å²) in [4.78, 5) is 28.2. The summed E-state index contributed by atoms with van der Waals surface area (Å²) in [6, 6.07) is 15.7. The number of nitrogens with zero attached hydrogens (tertiary/aromatic N) is 2. The van der Waals surface area contributed by atoms with Crippen LogP contribution < -0.4 is 15.1 Å². The van der Waals surface area contributed by atoms with Crippen LogP contribution in [0.25, 0.3) is 0 Å². The lowest BCUT2D eigenvalue weighted by atomic mass is 10.2. The van der Waals surface area contributed by atoms with Crippen LogP contribution in [0.1, 0.15) is 28.8 Å². The molecule has 26 heavy (non-hydrogen) atoms. The van der Waals surface area contributed by atoms with Crippen LogP contribution in [0.2, 0.25) is 0 Å². The molecule has 5 heteroatoms. The molecule has 2 aromatic carbocycles. The van der Waals surface area contributed by atoms with E-state index in [1.807, 2.05) is 12.1 Å². The summed E-state index contributed by atoms with van der Waals surface area (Å²) in [5.41, 5.74) is 4.16. The monoisotopic (exact) mass is 349 g/mol. The van der Waals surface area contributed by atoms with E-state index < -0.39 is 0 Å². The molecule has 4 rings (SSSR count). The minimum absolute atomic E-state index is 0.0724. The van der Waals surface area contributed by atoms with Crippen molar-refractivity contribution in [2.24, 2.45) is 0 Å². The van der Waals surface area contributed by atoms with Crippen molar-refractivity contribution < 1.29 is 9.59 Å². The van der Waals surface area contributed by atoms with E-state index in [-0.39, 0.29) is 11.8 Å². The molecule has 0 aromatic heterocycles. The maximum absolute atomic E-state index is 12.4. The maximum atomic E-state index is 12.4. The number of anilines is 2. The van der Waals surface area contributed by atoms with Gasteiger partial charge in [-0.3, -0.25) is 9.59 Å². The minimum atomic E-state index is -0.0724. The number of amides is 2. The normalized spacial score (nSPS) is 16.1. The number of fused-ring (bicyclic) bond motifs is 1. The Morgan fingerprint density at radius 2 is 1.81 bits per heavy atom. The number of nitrogens with one attached hydrogen (secondary N) is 1. The number of rotatable bonds is 5. The molecule has 5 nitrogen and oxygen atoms in total. The third-order valence-electron chi connectivity index (χ3n) is 5.17. The van der Waals surface area contributed by atoms with Crippen LogP contribution in [0, 0.1) is 0 Å². The number of para-hydroxylation sites is 1. The SMILES string of the molecule is O=C(NCCN1CCc2ccccc21)c1ccc(N2CCCC2=O)cc1. The van der Waals surface area contributed by atoms with Crippen molar-refractivity contribution >= 4 is 23.2 Å². The Labute approximate surface area is 153 Å². The second kappa shape index (κ2) is 7.20. The molecular formula is C21H23N3O2. The molecule has 0 spiro atoms. The highest BCUT2D eigenvalue weighted by Gasteiger charge is 2.22. The minimum Gasteiger partial charge on any atom is -0.369 e. The lowest BCUT2D eigenvalue weighted by molar-refractivity contribution is -0.117. The van der Waals surface area contributed by atoms with E-state index in [2.05, 4.69) is 34.5 Å². The molecule has 2 aromatic rings. The predicted octanol–water partition coefficient (Wildman–Crippen LogP) is 2.61. The van der Waals surface area contributed by atoms with Crippen molar-refractivity contribution in [2.75, 3.05) is 36.0 Å². The highest BCUT2D eigenvalue weighted by atomic mass is 16.2. The van der Waals surface area contributed by atoms with Crippen molar-refractivity contribution in [2.45, 2.75) is 19.3 Å². The Morgan fingerprint density at radius 3 is 2.58 bits per heavy atom. The van der Waals surface area contributed by atoms with Gasteiger partial charge >= 0.3 is 0 Å². The Bertz CT molecular complexity index is 816. The van der Waals surface area contributed by atoms with Gasteiger partial charge in [0.05, 0.1) is 0 Å². The molecule has 1 saturated heterocycles. The van der Waals surface area contributed by atoms with E-state index in [4.69, 9.17) is 0 Å². The molecule has 2 aliphatic rings. The first-order valence-corrected chi connectivity index (χ1v) is 9.24. The van der Waals surface area contributed by atoms with Gasteiger partial charge in [0.25, 0.3) is 5.91 Å². The number of carbonyl (C=O) groups is 2. The van der Waals surface area contributed by atoms with Gasteiger partial charge in [0.1, 0.15) is 0 Å². The quantitative estimate of drug-likeness (QED) is 0.903. The van der Waals surface area contributed by atoms with Crippen molar-refractivity contribution in [1.29, 1.82) is 0 Å². The van der Waals surface area contributed by atoms with Crippen LogP contribution in [0.4, 0.5) is 11.4 Å². The van der Waals surface area contributed by atoms with Gasteiger partial charge in [0, 0.05) is 49.5 Å². The van der Waals surface area contributed by atoms with Crippen LogP contribution >= 0.6 is 0 Å². The standard InChI is InChI=1S/C21H23N3O2/c25-20-6-3-13-24(20)18-9-7-17(8-10-18)21(26)22-12-15-23-14-11-16-4-1-2-5-19(16)23/h1-2,4-5,7-10H,3,6,11-15H2,(H,22,26). The molecule has 2 aliphatic heterocycles. The van der Waals surface area contributed by atoms with E-state index in [9.17, 15) is 9.59 Å². The highest BCUT2D eigenvalue weighted by molar-refractivity contribution is 5.97. The van der Waals surface area contributed by atoms with E-state index in [0.29, 0.717) is 18.5 Å². The molecule has 1 N–H and O–H groups in total. The van der Waals surface area contributed by atoms with Gasteiger partial charge in [-0.2, -0.15) is 0 Å². The van der Waals surface area contributed by atoms with E-state index in [0.717, 1.165) is 38.2 Å². The first kappa shape index (κ1) is 16.6. The first-order valence-electron chi connectivity index (χ1n) is 9.24. The zero-order valence-corrected chi connectivity index (χ0v) is 14.8. The van der Waals surface area contributed by atoms with E-state index >= 15 is 0 Å². The summed E-state index contributed by atoms with van der Waals surface area (Å²) in [6.45, 7) is 3.19. The molecule has 2 heterocycles. The summed E-state index contributed by atoms with van der Waals surface area (Å²) < 4.78 is 0. The average Bonchev–Trinajstić information content (AvgIpc) is 3.28. The lowest BCUT2D eigenvalue weighted by Crippen LogP contribution is -2.34. The van der Waals surface area contributed by atoms with Crippen LogP contribution in [0.5, 0.6) is 0 Å². The van der Waals surface area contributed by atoms with Crippen LogP contribution in [-0.2, 0) is 11.2 Å². The molecule has 0 bridgehead atoms. The number of hydrogen-bond acceptors (Lipinski definition) is 3. The largest absolute Gasteiger partial charge is 0.369 e. The zero-order valence-electron chi connectivity index (χ0n) is 14.8. The number of benzene rings is 2. The first-order chi connectivity index (χ1) is 12.7. The van der Waals surface area contributed by atoms with E-state index in [1.54, 1.807) is 17.0 Å². The molecule has 0 saturated carbocycles. The molecular weight excluding hydrogens is 326 g/mol. The molecule has 134 valence electrons. The highest BCUT2D eigenvalue weighted by Crippen LogP contribution is 2.26. The smallest absolute Gasteiger partial charge is 0.251 e. The molecule has 2 amide bonds. The Balaban J connectivity index is 1.31. The fourth-order valence-electron chi connectivity index (χ4n) is 3.76. The fraction of sp³-hybridized carbons (Fsp3) is 0.333. The predicted molar refractivity (Wildman–Crippen MR) is 103 cm³/mol. The molecule has 0 atom stereocenters. The Hall–Kier alpha value is -2.82. The number of carbonyl (C=O) groups excluding carboxylic acids is 2. The molecule has 0 radical (unpaired) electrons. The van der Waals surface area contributed by atoms with Crippen molar-refractivity contribution in [3.63, 3.8) is 0 Å². The summed E-state index contributed by atoms with van der Waals surface area (Å²) >= 11 is 0. The van der Waals surface area contributed by atoms with Gasteiger partial charge in [-0.25, -0.2) is 0 Å². The second-order valence-electron chi connectivity index (χ2n) is 6.82. The van der Waals surface area contributed by atoms with Crippen LogP contribution in [0.15, 0.2) is 48.5 Å². The topological polar surface area (TPSA) is 52.7 Å². The van der Waals surface area contributed by atoms with Crippen molar-refractivity contribution in [3.8, 4) is 0 Å². The van der Waals surface area contributed by atoms with Crippen LogP contribution in [-0.4, -0.2) is 38.0 Å². The van der Waals surface area contributed by atoms with Gasteiger partial charge in [-0.05, 0) is 48.7 Å². The third kappa shape index (κ3) is 3.29. The van der Waals surface area contributed by atoms with Gasteiger partial charge in [0.15, 0.2) is 0 Å². The zero-order chi connectivity index (χ0) is 17.9. The Morgan fingerprint density at radius 1 is 1.00 bits per heavy atom. The molecule has 0 unspecified atom stereocenters. The van der Waals surface area contributed by atoms with Gasteiger partial charge in [-0.15, -0.1) is 0 Å². The van der Waals surface area contributed by atoms with Gasteiger partial charge < -0.3 is 15.1 Å². The summed E-state index contributed by atoms with van der Waals surface area (Å²) in [6.07, 6.45) is 2.59. The van der Waals surface area contributed by atoms with Crippen LogP contribution in [0.3, 0.4) is 0 Å². The van der Waals surface area contributed by atoms with Crippen molar-refractivity contribution in [1.82, 2.24) is 5.32 Å². The second-order valence-corrected chi connectivity index (χ2v) is 6.82. The van der Waals surface area contributed by atoms with Gasteiger partial charge in [0.2, 0.25) is 5.91 Å². The number of hydrogen-bond donors (Lipinski definition) is 1. The summed E-state index contributed by atoms with van der Waals surface area (Å²) in [7, 11) is 0. The Kier molecular flexibility index (Phi) is 4.61. The third-order valence-corrected chi connectivity index (χ3v) is 5.17. The molecule has 1 fully saturated rings. The lowest BCUT2D eigenvalue weighted by Gasteiger charge is -2.19. The maximum Gasteiger partial charge on any atom is 0.251 e.